The number of ketones is 2. The fourth-order valence-electron chi connectivity index (χ4n) is 2.74. The van der Waals surface area contributed by atoms with Crippen molar-refractivity contribution in [2.75, 3.05) is 0 Å². The summed E-state index contributed by atoms with van der Waals surface area (Å²) in [7, 11) is 0. The Labute approximate surface area is 193 Å². The van der Waals surface area contributed by atoms with Gasteiger partial charge in [0.25, 0.3) is 0 Å². The van der Waals surface area contributed by atoms with Gasteiger partial charge in [-0.15, -0.1) is 12.1 Å². The van der Waals surface area contributed by atoms with Crippen LogP contribution in [0.2, 0.25) is 0 Å². The van der Waals surface area contributed by atoms with E-state index < -0.39 is 0 Å². The molecule has 0 saturated heterocycles. The van der Waals surface area contributed by atoms with Crippen molar-refractivity contribution >= 4 is 23.7 Å². The van der Waals surface area contributed by atoms with Crippen molar-refractivity contribution in [1.29, 1.82) is 0 Å². The summed E-state index contributed by atoms with van der Waals surface area (Å²) < 4.78 is 0. The minimum Gasteiger partial charge on any atom is -0.645 e. The predicted octanol–water partition coefficient (Wildman–Crippen LogP) is 6.60. The molecule has 0 amide bonds. The van der Waals surface area contributed by atoms with Crippen LogP contribution in [0.4, 0.5) is 0 Å². The zero-order valence-electron chi connectivity index (χ0n) is 16.9. The summed E-state index contributed by atoms with van der Waals surface area (Å²) >= 11 is 0. The summed E-state index contributed by atoms with van der Waals surface area (Å²) in [5, 5.41) is 0. The molecule has 0 atom stereocenters. The van der Waals surface area contributed by atoms with E-state index in [2.05, 4.69) is 0 Å². The van der Waals surface area contributed by atoms with E-state index in [-0.39, 0.29) is 28.6 Å². The van der Waals surface area contributed by atoms with E-state index in [1.165, 1.54) is 0 Å². The van der Waals surface area contributed by atoms with E-state index in [0.717, 1.165) is 22.3 Å². The molecule has 0 aliphatic rings. The van der Waals surface area contributed by atoms with Gasteiger partial charge in [0.05, 0.1) is 0 Å². The van der Waals surface area contributed by atoms with Crippen LogP contribution in [0.1, 0.15) is 31.8 Å². The van der Waals surface area contributed by atoms with Crippen LogP contribution in [0.3, 0.4) is 0 Å². The minimum absolute atomic E-state index is 0. The first-order chi connectivity index (χ1) is 14.7. The molecule has 0 bridgehead atoms. The first-order valence-corrected chi connectivity index (χ1v) is 9.71. The summed E-state index contributed by atoms with van der Waals surface area (Å²) in [5.74, 6) is 0.0905. The molecular formula is C28H22FeO2-6. The topological polar surface area (TPSA) is 34.1 Å². The van der Waals surface area contributed by atoms with Crippen molar-refractivity contribution in [3.8, 4) is 0 Å². The van der Waals surface area contributed by atoms with Crippen LogP contribution in [0, 0.1) is 0 Å². The van der Waals surface area contributed by atoms with Crippen LogP contribution in [0.15, 0.2) is 121 Å². The smallest absolute Gasteiger partial charge is 0.105 e. The van der Waals surface area contributed by atoms with Crippen LogP contribution >= 0.6 is 0 Å². The second-order valence-corrected chi connectivity index (χ2v) is 6.56. The molecule has 0 heterocycles. The molecule has 0 saturated carbocycles. The second kappa shape index (κ2) is 12.9. The average molecular weight is 446 g/mol. The number of hydrogen-bond donors (Lipinski definition) is 0. The van der Waals surface area contributed by atoms with Crippen LogP contribution in [-0.2, 0) is 17.1 Å². The molecular weight excluding hydrogens is 424 g/mol. The molecule has 0 aromatic heterocycles. The monoisotopic (exact) mass is 446 g/mol. The third kappa shape index (κ3) is 8.02. The van der Waals surface area contributed by atoms with Crippen molar-refractivity contribution in [3.05, 3.63) is 144 Å². The summed E-state index contributed by atoms with van der Waals surface area (Å²) in [6.45, 7) is 0. The van der Waals surface area contributed by atoms with E-state index >= 15 is 0 Å². The number of rotatable bonds is 6. The van der Waals surface area contributed by atoms with Crippen molar-refractivity contribution in [3.63, 3.8) is 0 Å². The molecule has 0 fully saturated rings. The third-order valence-electron chi connectivity index (χ3n) is 4.35. The van der Waals surface area contributed by atoms with Gasteiger partial charge < -0.3 is 51.3 Å². The Balaban J connectivity index is 0.000000213. The summed E-state index contributed by atoms with van der Waals surface area (Å²) in [6.07, 6.45) is 6.86. The number of benzene rings is 2. The fraction of sp³-hybridized carbons (Fsp3) is 0. The van der Waals surface area contributed by atoms with Crippen molar-refractivity contribution in [1.82, 2.24) is 0 Å². The van der Waals surface area contributed by atoms with Crippen molar-refractivity contribution in [2.24, 2.45) is 0 Å². The van der Waals surface area contributed by atoms with E-state index in [4.69, 9.17) is 0 Å². The van der Waals surface area contributed by atoms with Gasteiger partial charge in [-0.25, -0.2) is 0 Å². The van der Waals surface area contributed by atoms with Gasteiger partial charge in [0, 0.05) is 17.1 Å². The summed E-state index contributed by atoms with van der Waals surface area (Å²) in [5.41, 5.74) is 3.55. The van der Waals surface area contributed by atoms with Gasteiger partial charge in [-0.05, 0) is 5.56 Å². The molecule has 4 aromatic rings. The Kier molecular flexibility index (Phi) is 9.90. The molecule has 31 heavy (non-hydrogen) atoms. The summed E-state index contributed by atoms with van der Waals surface area (Å²) in [4.78, 5) is 23.2. The second-order valence-electron chi connectivity index (χ2n) is 6.56. The Hall–Kier alpha value is -3.52. The van der Waals surface area contributed by atoms with Crippen molar-refractivity contribution < 1.29 is 26.7 Å². The maximum Gasteiger partial charge on any atom is 0.105 e. The van der Waals surface area contributed by atoms with E-state index in [0.29, 0.717) is 0 Å². The quantitative estimate of drug-likeness (QED) is 0.145. The molecule has 0 aliphatic carbocycles. The number of allylic oxidation sites excluding steroid dienone is 2. The first-order valence-electron chi connectivity index (χ1n) is 9.71. The molecule has 0 N–H and O–H groups in total. The number of hydrogen-bond acceptors (Lipinski definition) is 2. The Bertz CT molecular complexity index is 997. The SMILES string of the molecule is O=C(C=Cc1ccccc1)[c-]1[cH-][cH-][cH-][cH-]1.O=C(C=Cc1ccccc1)[c-]1cccc1.[Fe]. The van der Waals surface area contributed by atoms with Crippen LogP contribution in [-0.4, -0.2) is 11.6 Å². The average Bonchev–Trinajstić information content (AvgIpc) is 3.52. The van der Waals surface area contributed by atoms with Crippen molar-refractivity contribution in [2.45, 2.75) is 0 Å². The predicted molar refractivity (Wildman–Crippen MR) is 124 cm³/mol. The molecule has 3 heteroatoms. The Morgan fingerprint density at radius 2 is 1.10 bits per heavy atom. The number of carbonyl (C=O) groups is 2. The number of carbonyl (C=O) groups excluding carboxylic acids is 2. The van der Waals surface area contributed by atoms with Crippen LogP contribution in [0.25, 0.3) is 12.2 Å². The molecule has 0 radical (unpaired) electrons. The van der Waals surface area contributed by atoms with Gasteiger partial charge in [0.2, 0.25) is 0 Å². The molecule has 160 valence electrons. The Morgan fingerprint density at radius 1 is 0.645 bits per heavy atom. The van der Waals surface area contributed by atoms with Gasteiger partial charge in [0.15, 0.2) is 0 Å². The first kappa shape index (κ1) is 23.8. The fourth-order valence-corrected chi connectivity index (χ4v) is 2.74. The van der Waals surface area contributed by atoms with E-state index in [9.17, 15) is 9.59 Å². The summed E-state index contributed by atoms with van der Waals surface area (Å²) in [6, 6.07) is 34.3. The Morgan fingerprint density at radius 3 is 1.58 bits per heavy atom. The minimum atomic E-state index is 0. The molecule has 0 aliphatic heterocycles. The molecule has 4 aromatic carbocycles. The zero-order valence-corrected chi connectivity index (χ0v) is 18.0. The molecule has 0 spiro atoms. The maximum absolute atomic E-state index is 11.6. The normalized spacial score (nSPS) is 10.3. The zero-order chi connectivity index (χ0) is 21.0. The van der Waals surface area contributed by atoms with Gasteiger partial charge >= 0.3 is 0 Å². The van der Waals surface area contributed by atoms with Crippen LogP contribution < -0.4 is 0 Å². The molecule has 0 unspecified atom stereocenters. The molecule has 2 nitrogen and oxygen atoms in total. The maximum atomic E-state index is 11.6. The molecule has 4 rings (SSSR count). The van der Waals surface area contributed by atoms with Gasteiger partial charge in [-0.2, -0.15) is 18.2 Å². The van der Waals surface area contributed by atoms with E-state index in [1.807, 2.05) is 121 Å². The van der Waals surface area contributed by atoms with Crippen LogP contribution in [0.5, 0.6) is 0 Å². The van der Waals surface area contributed by atoms with E-state index in [1.54, 1.807) is 12.2 Å². The third-order valence-corrected chi connectivity index (χ3v) is 4.35. The van der Waals surface area contributed by atoms with Gasteiger partial charge in [0.1, 0.15) is 5.78 Å². The van der Waals surface area contributed by atoms with Gasteiger partial charge in [-0.3, -0.25) is 0 Å². The van der Waals surface area contributed by atoms with Gasteiger partial charge in [-0.1, -0.05) is 83.9 Å². The standard InChI is InChI=1S/2C14H11O.Fe/c2*15-14(13-8-4-5-9-13)11-10-12-6-2-1-3-7-12;/h2*1-11H;/q-5;-1;. The largest absolute Gasteiger partial charge is 0.645 e.